The highest BCUT2D eigenvalue weighted by Crippen LogP contribution is 2.34. The van der Waals surface area contributed by atoms with Gasteiger partial charge in [-0.1, -0.05) is 23.7 Å². The minimum Gasteiger partial charge on any atom is -0.282 e. The Bertz CT molecular complexity index is 1060. The maximum Gasteiger partial charge on any atom is 0.456 e. The summed E-state index contributed by atoms with van der Waals surface area (Å²) in [5.41, 5.74) is -2.94. The van der Waals surface area contributed by atoms with Crippen LogP contribution in [0.25, 0.3) is 16.7 Å². The van der Waals surface area contributed by atoms with E-state index in [9.17, 15) is 35.5 Å². The molecular formula is C15H5ClF7N3O. The molecule has 0 spiro atoms. The van der Waals surface area contributed by atoms with Crippen LogP contribution in [0.1, 0.15) is 16.1 Å². The number of fused-ring (bicyclic) bond motifs is 1. The van der Waals surface area contributed by atoms with E-state index < -0.39 is 57.0 Å². The van der Waals surface area contributed by atoms with Crippen molar-refractivity contribution in [3.63, 3.8) is 0 Å². The molecule has 0 atom stereocenters. The maximum atomic E-state index is 14.2. The minimum absolute atomic E-state index is 0.362. The first-order valence-electron chi connectivity index (χ1n) is 6.93. The van der Waals surface area contributed by atoms with Gasteiger partial charge in [-0.2, -0.15) is 31.4 Å². The zero-order valence-corrected chi connectivity index (χ0v) is 13.4. The highest BCUT2D eigenvalue weighted by molar-refractivity contribution is 6.32. The Hall–Kier alpha value is -2.69. The molecule has 0 saturated heterocycles. The van der Waals surface area contributed by atoms with E-state index >= 15 is 0 Å². The normalized spacial score (nSPS) is 12.6. The quantitative estimate of drug-likeness (QED) is 0.441. The average molecular weight is 412 g/mol. The topological polar surface area (TPSA) is 47.8 Å². The average Bonchev–Trinajstić information content (AvgIpc) is 2.93. The van der Waals surface area contributed by atoms with Crippen LogP contribution >= 0.6 is 11.6 Å². The van der Waals surface area contributed by atoms with Gasteiger partial charge in [0, 0.05) is 11.6 Å². The van der Waals surface area contributed by atoms with Crippen LogP contribution in [0.2, 0.25) is 5.02 Å². The van der Waals surface area contributed by atoms with E-state index in [0.717, 1.165) is 18.2 Å². The van der Waals surface area contributed by atoms with E-state index in [2.05, 4.69) is 10.1 Å². The number of carbonyl (C=O) groups is 1. The number of carbonyl (C=O) groups excluding carboxylic acids is 1. The van der Waals surface area contributed by atoms with Gasteiger partial charge in [-0.3, -0.25) is 4.79 Å². The Labute approximate surface area is 150 Å². The molecule has 3 aromatic rings. The van der Waals surface area contributed by atoms with Crippen molar-refractivity contribution in [2.45, 2.75) is 12.4 Å². The van der Waals surface area contributed by atoms with Gasteiger partial charge in [0.25, 0.3) is 5.78 Å². The third kappa shape index (κ3) is 3.34. The van der Waals surface area contributed by atoms with Gasteiger partial charge in [-0.05, 0) is 12.1 Å². The lowest BCUT2D eigenvalue weighted by Gasteiger charge is -2.10. The van der Waals surface area contributed by atoms with E-state index in [1.807, 2.05) is 0 Å². The maximum absolute atomic E-state index is 14.2. The Morgan fingerprint density at radius 3 is 2.33 bits per heavy atom. The largest absolute Gasteiger partial charge is 0.456 e. The summed E-state index contributed by atoms with van der Waals surface area (Å²) in [4.78, 5) is 15.0. The van der Waals surface area contributed by atoms with Crippen LogP contribution in [-0.2, 0) is 6.18 Å². The van der Waals surface area contributed by atoms with Crippen LogP contribution in [0.4, 0.5) is 30.7 Å². The standard InChI is InChI=1S/C15H5ClF7N3O/c16-8-4-6(14(18,19)20)5-24-13(8)26-11-7(2-1-3-9(11)17)10(25-26)12(27)15(21,22)23/h1-5H. The summed E-state index contributed by atoms with van der Waals surface area (Å²) in [6, 6.07) is 3.40. The summed E-state index contributed by atoms with van der Waals surface area (Å²) in [6.45, 7) is 0. The molecule has 0 unspecified atom stereocenters. The Morgan fingerprint density at radius 1 is 1.11 bits per heavy atom. The van der Waals surface area contributed by atoms with Gasteiger partial charge in [0.15, 0.2) is 5.82 Å². The van der Waals surface area contributed by atoms with Crippen molar-refractivity contribution < 1.29 is 35.5 Å². The van der Waals surface area contributed by atoms with E-state index in [4.69, 9.17) is 11.6 Å². The molecule has 0 aliphatic heterocycles. The molecule has 0 bridgehead atoms. The fourth-order valence-electron chi connectivity index (χ4n) is 2.32. The number of alkyl halides is 6. The molecule has 0 saturated carbocycles. The number of nitrogens with zero attached hydrogens (tertiary/aromatic N) is 3. The van der Waals surface area contributed by atoms with Crippen molar-refractivity contribution in [2.24, 2.45) is 0 Å². The second-order valence-corrected chi connectivity index (χ2v) is 5.66. The van der Waals surface area contributed by atoms with Gasteiger partial charge in [0.1, 0.15) is 17.0 Å². The number of ketones is 1. The highest BCUT2D eigenvalue weighted by Gasteiger charge is 2.42. The molecule has 0 radical (unpaired) electrons. The number of rotatable bonds is 2. The molecule has 3 rings (SSSR count). The van der Waals surface area contributed by atoms with E-state index in [1.54, 1.807) is 0 Å². The number of halogens is 8. The van der Waals surface area contributed by atoms with Crippen LogP contribution in [0.5, 0.6) is 0 Å². The summed E-state index contributed by atoms with van der Waals surface area (Å²) < 4.78 is 91.1. The summed E-state index contributed by atoms with van der Waals surface area (Å²) in [6.07, 6.45) is -9.71. The number of hydrogen-bond donors (Lipinski definition) is 0. The van der Waals surface area contributed by atoms with Crippen molar-refractivity contribution in [1.82, 2.24) is 14.8 Å². The van der Waals surface area contributed by atoms with Crippen LogP contribution in [0.15, 0.2) is 30.5 Å². The molecule has 4 nitrogen and oxygen atoms in total. The fraction of sp³-hybridized carbons (Fsp3) is 0.133. The minimum atomic E-state index is -5.30. The molecule has 142 valence electrons. The van der Waals surface area contributed by atoms with Gasteiger partial charge in [0.05, 0.1) is 10.6 Å². The molecule has 0 aliphatic carbocycles. The van der Waals surface area contributed by atoms with Crippen molar-refractivity contribution in [2.75, 3.05) is 0 Å². The lowest BCUT2D eigenvalue weighted by Crippen LogP contribution is -2.23. The number of benzene rings is 1. The van der Waals surface area contributed by atoms with Crippen LogP contribution < -0.4 is 0 Å². The first-order chi connectivity index (χ1) is 12.4. The number of Topliss-reactive ketones (excluding diaryl/α,β-unsaturated/α-hetero) is 1. The predicted molar refractivity (Wildman–Crippen MR) is 79.2 cm³/mol. The van der Waals surface area contributed by atoms with E-state index in [-0.39, 0.29) is 0 Å². The first kappa shape index (κ1) is 19.1. The number of para-hydroxylation sites is 1. The van der Waals surface area contributed by atoms with Crippen molar-refractivity contribution in [3.8, 4) is 5.82 Å². The van der Waals surface area contributed by atoms with Gasteiger partial charge >= 0.3 is 12.4 Å². The summed E-state index contributed by atoms with van der Waals surface area (Å²) in [5.74, 6) is -3.99. The number of pyridine rings is 1. The second kappa shape index (κ2) is 6.19. The Morgan fingerprint density at radius 2 is 1.78 bits per heavy atom. The summed E-state index contributed by atoms with van der Waals surface area (Å²) in [7, 11) is 0. The lowest BCUT2D eigenvalue weighted by atomic mass is 10.1. The molecular weight excluding hydrogens is 407 g/mol. The summed E-state index contributed by atoms with van der Waals surface area (Å²) >= 11 is 5.75. The molecule has 2 aromatic heterocycles. The van der Waals surface area contributed by atoms with Crippen LogP contribution in [-0.4, -0.2) is 26.7 Å². The Balaban J connectivity index is 2.29. The van der Waals surface area contributed by atoms with Gasteiger partial charge in [-0.15, -0.1) is 0 Å². The first-order valence-corrected chi connectivity index (χ1v) is 7.31. The SMILES string of the molecule is O=C(c1nn(-c2ncc(C(F)(F)F)cc2Cl)c2c(F)cccc12)C(F)(F)F. The zero-order valence-electron chi connectivity index (χ0n) is 12.7. The molecule has 27 heavy (non-hydrogen) atoms. The molecule has 0 aliphatic rings. The zero-order chi connectivity index (χ0) is 20.1. The van der Waals surface area contributed by atoms with Crippen LogP contribution in [0.3, 0.4) is 0 Å². The smallest absolute Gasteiger partial charge is 0.282 e. The molecule has 0 fully saturated rings. The predicted octanol–water partition coefficient (Wildman–Crippen LogP) is 4.98. The van der Waals surface area contributed by atoms with E-state index in [1.165, 1.54) is 0 Å². The van der Waals surface area contributed by atoms with Crippen molar-refractivity contribution in [3.05, 3.63) is 52.6 Å². The van der Waals surface area contributed by atoms with E-state index in [0.29, 0.717) is 16.9 Å². The Kier molecular flexibility index (Phi) is 4.37. The third-order valence-electron chi connectivity index (χ3n) is 3.48. The second-order valence-electron chi connectivity index (χ2n) is 5.25. The summed E-state index contributed by atoms with van der Waals surface area (Å²) in [5, 5.41) is 2.28. The van der Waals surface area contributed by atoms with Gasteiger partial charge in [0.2, 0.25) is 0 Å². The lowest BCUT2D eigenvalue weighted by molar-refractivity contribution is -0.137. The molecule has 12 heteroatoms. The number of aromatic nitrogens is 3. The van der Waals surface area contributed by atoms with Gasteiger partial charge < -0.3 is 0 Å². The third-order valence-corrected chi connectivity index (χ3v) is 3.75. The number of hydrogen-bond acceptors (Lipinski definition) is 3. The molecule has 2 heterocycles. The monoisotopic (exact) mass is 411 g/mol. The van der Waals surface area contributed by atoms with Crippen molar-refractivity contribution in [1.29, 1.82) is 0 Å². The fourth-order valence-corrected chi connectivity index (χ4v) is 2.57. The van der Waals surface area contributed by atoms with Gasteiger partial charge in [-0.25, -0.2) is 14.1 Å². The van der Waals surface area contributed by atoms with Crippen LogP contribution in [0, 0.1) is 5.82 Å². The molecule has 1 aromatic carbocycles. The molecule has 0 amide bonds. The van der Waals surface area contributed by atoms with Crippen molar-refractivity contribution >= 4 is 28.3 Å². The highest BCUT2D eigenvalue weighted by atomic mass is 35.5. The molecule has 0 N–H and O–H groups in total.